The summed E-state index contributed by atoms with van der Waals surface area (Å²) in [4.78, 5) is 0. The lowest BCUT2D eigenvalue weighted by Crippen LogP contribution is -2.83. The molecule has 2 aliphatic rings. The van der Waals surface area contributed by atoms with Crippen molar-refractivity contribution in [3.05, 3.63) is 59.7 Å². The van der Waals surface area contributed by atoms with Gasteiger partial charge in [-0.1, -0.05) is 44.2 Å². The minimum absolute atomic E-state index is 0.222. The largest absolute Gasteiger partial charge is 0.454 e. The fourth-order valence-corrected chi connectivity index (χ4v) is 4.52. The molecule has 2 aliphatic heterocycles. The quantitative estimate of drug-likeness (QED) is 0.744. The van der Waals surface area contributed by atoms with Crippen LogP contribution in [0.4, 0.5) is 0 Å². The van der Waals surface area contributed by atoms with Gasteiger partial charge in [-0.3, -0.25) is 0 Å². The Morgan fingerprint density at radius 3 is 2.71 bits per heavy atom. The molecule has 150 valence electrons. The van der Waals surface area contributed by atoms with Gasteiger partial charge in [-0.05, 0) is 42.5 Å². The molecule has 4 nitrogen and oxygen atoms in total. The van der Waals surface area contributed by atoms with E-state index in [0.717, 1.165) is 44.0 Å². The lowest BCUT2D eigenvalue weighted by molar-refractivity contribution is -0.672. The van der Waals surface area contributed by atoms with E-state index in [9.17, 15) is 0 Å². The standard InChI is InChI=1S/C24H31NO3/c1-18(2)23-15-24(11-13-26-23,20-6-4-3-5-7-20)10-12-25-16-19-8-9-21-22(14-19)28-17-27-21/h3-9,14,18,23,25H,10-13,15-17H2,1-2H3/p+1/t23-,24-/m0/s1. The summed E-state index contributed by atoms with van der Waals surface area (Å²) in [6.45, 7) is 7.82. The molecule has 2 aromatic carbocycles. The van der Waals surface area contributed by atoms with Gasteiger partial charge in [0.1, 0.15) is 6.54 Å². The van der Waals surface area contributed by atoms with Crippen molar-refractivity contribution in [1.82, 2.24) is 0 Å². The van der Waals surface area contributed by atoms with E-state index in [4.69, 9.17) is 14.2 Å². The topological polar surface area (TPSA) is 44.3 Å². The highest BCUT2D eigenvalue weighted by Crippen LogP contribution is 2.41. The Labute approximate surface area is 168 Å². The predicted octanol–water partition coefficient (Wildman–Crippen LogP) is 3.64. The molecule has 0 amide bonds. The van der Waals surface area contributed by atoms with Crippen LogP contribution in [0.15, 0.2) is 48.5 Å². The number of hydrogen-bond donors (Lipinski definition) is 1. The van der Waals surface area contributed by atoms with Crippen LogP contribution in [-0.4, -0.2) is 26.0 Å². The highest BCUT2D eigenvalue weighted by Gasteiger charge is 2.39. The molecule has 2 atom stereocenters. The minimum Gasteiger partial charge on any atom is -0.454 e. The zero-order valence-corrected chi connectivity index (χ0v) is 17.0. The van der Waals surface area contributed by atoms with Gasteiger partial charge in [0, 0.05) is 24.0 Å². The lowest BCUT2D eigenvalue weighted by atomic mass is 9.68. The first-order chi connectivity index (χ1) is 13.7. The fourth-order valence-electron chi connectivity index (χ4n) is 4.52. The van der Waals surface area contributed by atoms with Crippen LogP contribution in [0.5, 0.6) is 11.5 Å². The number of rotatable bonds is 7. The van der Waals surface area contributed by atoms with Crippen LogP contribution in [-0.2, 0) is 16.7 Å². The van der Waals surface area contributed by atoms with E-state index in [1.165, 1.54) is 17.5 Å². The summed E-state index contributed by atoms with van der Waals surface area (Å²) in [5.74, 6) is 2.28. The van der Waals surface area contributed by atoms with Gasteiger partial charge < -0.3 is 19.5 Å². The van der Waals surface area contributed by atoms with Crippen LogP contribution < -0.4 is 14.8 Å². The van der Waals surface area contributed by atoms with E-state index in [2.05, 4.69) is 61.6 Å². The first kappa shape index (κ1) is 19.3. The highest BCUT2D eigenvalue weighted by atomic mass is 16.7. The van der Waals surface area contributed by atoms with E-state index in [1.807, 2.05) is 6.07 Å². The molecule has 0 aromatic heterocycles. The molecule has 1 saturated heterocycles. The molecular formula is C24H32NO3+. The number of ether oxygens (including phenoxy) is 3. The fraction of sp³-hybridized carbons (Fsp3) is 0.500. The van der Waals surface area contributed by atoms with Gasteiger partial charge in [0.2, 0.25) is 6.79 Å². The SMILES string of the molecule is CC(C)[C@@H]1C[C@@](CC[NH2+]Cc2ccc3c(c2)OCO3)(c2ccccc2)CCO1. The summed E-state index contributed by atoms with van der Waals surface area (Å²) in [5, 5.41) is 2.42. The zero-order valence-electron chi connectivity index (χ0n) is 17.0. The number of quaternary nitrogens is 1. The maximum absolute atomic E-state index is 6.10. The van der Waals surface area contributed by atoms with Crippen molar-refractivity contribution in [3.8, 4) is 11.5 Å². The third-order valence-corrected chi connectivity index (χ3v) is 6.28. The lowest BCUT2D eigenvalue weighted by Gasteiger charge is -2.42. The molecule has 0 spiro atoms. The molecule has 4 rings (SSSR count). The van der Waals surface area contributed by atoms with E-state index in [-0.39, 0.29) is 5.41 Å². The summed E-state index contributed by atoms with van der Waals surface area (Å²) >= 11 is 0. The Bertz CT molecular complexity index is 777. The Morgan fingerprint density at radius 1 is 1.07 bits per heavy atom. The van der Waals surface area contributed by atoms with Gasteiger partial charge in [-0.15, -0.1) is 0 Å². The summed E-state index contributed by atoms with van der Waals surface area (Å²) in [7, 11) is 0. The molecule has 2 aromatic rings. The van der Waals surface area contributed by atoms with E-state index >= 15 is 0 Å². The van der Waals surface area contributed by atoms with Crippen molar-refractivity contribution in [2.45, 2.75) is 51.2 Å². The minimum atomic E-state index is 0.222. The van der Waals surface area contributed by atoms with Crippen molar-refractivity contribution < 1.29 is 19.5 Å². The summed E-state index contributed by atoms with van der Waals surface area (Å²) in [6.07, 6.45) is 3.75. The number of benzene rings is 2. The van der Waals surface area contributed by atoms with Crippen molar-refractivity contribution in [2.24, 2.45) is 5.92 Å². The van der Waals surface area contributed by atoms with Gasteiger partial charge in [-0.25, -0.2) is 0 Å². The maximum Gasteiger partial charge on any atom is 0.231 e. The maximum atomic E-state index is 6.10. The molecule has 4 heteroatoms. The Balaban J connectivity index is 1.40. The molecular weight excluding hydrogens is 350 g/mol. The predicted molar refractivity (Wildman–Crippen MR) is 110 cm³/mol. The molecule has 1 fully saturated rings. The van der Waals surface area contributed by atoms with Crippen molar-refractivity contribution in [3.63, 3.8) is 0 Å². The second-order valence-electron chi connectivity index (χ2n) is 8.47. The Hall–Kier alpha value is -2.04. The third kappa shape index (κ3) is 4.18. The van der Waals surface area contributed by atoms with E-state index < -0.39 is 0 Å². The number of hydrogen-bond acceptors (Lipinski definition) is 3. The highest BCUT2D eigenvalue weighted by molar-refractivity contribution is 5.44. The molecule has 28 heavy (non-hydrogen) atoms. The van der Waals surface area contributed by atoms with Gasteiger partial charge in [0.25, 0.3) is 0 Å². The van der Waals surface area contributed by atoms with Crippen molar-refractivity contribution in [2.75, 3.05) is 19.9 Å². The molecule has 0 unspecified atom stereocenters. The van der Waals surface area contributed by atoms with Crippen LogP contribution in [0.25, 0.3) is 0 Å². The molecule has 0 aliphatic carbocycles. The van der Waals surface area contributed by atoms with Crippen LogP contribution >= 0.6 is 0 Å². The van der Waals surface area contributed by atoms with Gasteiger partial charge in [0.15, 0.2) is 11.5 Å². The summed E-state index contributed by atoms with van der Waals surface area (Å²) in [6, 6.07) is 17.3. The summed E-state index contributed by atoms with van der Waals surface area (Å²) in [5.41, 5.74) is 2.98. The molecule has 2 heterocycles. The van der Waals surface area contributed by atoms with Crippen LogP contribution in [0.2, 0.25) is 0 Å². The van der Waals surface area contributed by atoms with Crippen LogP contribution in [0.1, 0.15) is 44.2 Å². The van der Waals surface area contributed by atoms with Gasteiger partial charge in [0.05, 0.1) is 12.6 Å². The zero-order chi connectivity index (χ0) is 19.4. The van der Waals surface area contributed by atoms with Gasteiger partial charge in [-0.2, -0.15) is 0 Å². The van der Waals surface area contributed by atoms with Crippen LogP contribution in [0, 0.1) is 5.92 Å². The molecule has 2 N–H and O–H groups in total. The molecule has 0 bridgehead atoms. The van der Waals surface area contributed by atoms with Gasteiger partial charge >= 0.3 is 0 Å². The first-order valence-corrected chi connectivity index (χ1v) is 10.5. The second-order valence-corrected chi connectivity index (χ2v) is 8.47. The van der Waals surface area contributed by atoms with E-state index in [1.54, 1.807) is 0 Å². The third-order valence-electron chi connectivity index (χ3n) is 6.28. The molecule has 0 saturated carbocycles. The summed E-state index contributed by atoms with van der Waals surface area (Å²) < 4.78 is 17.0. The average Bonchev–Trinajstić information content (AvgIpc) is 3.20. The Kier molecular flexibility index (Phi) is 5.88. The van der Waals surface area contributed by atoms with E-state index in [0.29, 0.717) is 18.8 Å². The number of nitrogens with two attached hydrogens (primary N) is 1. The first-order valence-electron chi connectivity index (χ1n) is 10.5. The number of fused-ring (bicyclic) bond motifs is 1. The second kappa shape index (κ2) is 8.54. The normalized spacial score (nSPS) is 23.9. The molecule has 0 radical (unpaired) electrons. The van der Waals surface area contributed by atoms with Crippen molar-refractivity contribution >= 4 is 0 Å². The Morgan fingerprint density at radius 2 is 1.89 bits per heavy atom. The van der Waals surface area contributed by atoms with Crippen LogP contribution in [0.3, 0.4) is 0 Å². The monoisotopic (exact) mass is 382 g/mol. The van der Waals surface area contributed by atoms with Crippen molar-refractivity contribution in [1.29, 1.82) is 0 Å². The smallest absolute Gasteiger partial charge is 0.231 e. The average molecular weight is 383 g/mol.